The van der Waals surface area contributed by atoms with E-state index in [1.54, 1.807) is 7.11 Å². The van der Waals surface area contributed by atoms with E-state index < -0.39 is 0 Å². The van der Waals surface area contributed by atoms with Crippen molar-refractivity contribution in [2.75, 3.05) is 20.2 Å². The second-order valence-electron chi connectivity index (χ2n) is 6.06. The van der Waals surface area contributed by atoms with Crippen molar-refractivity contribution in [1.29, 1.82) is 0 Å². The number of nitrogens with zero attached hydrogens (tertiary/aromatic N) is 1. The Hall–Kier alpha value is -1.06. The minimum Gasteiger partial charge on any atom is -0.497 e. The Morgan fingerprint density at radius 2 is 2.21 bits per heavy atom. The van der Waals surface area contributed by atoms with Gasteiger partial charge in [0.1, 0.15) is 5.75 Å². The summed E-state index contributed by atoms with van der Waals surface area (Å²) in [5.74, 6) is 2.50. The zero-order valence-corrected chi connectivity index (χ0v) is 11.7. The van der Waals surface area contributed by atoms with E-state index in [0.717, 1.165) is 24.1 Å². The van der Waals surface area contributed by atoms with Crippen molar-refractivity contribution in [3.63, 3.8) is 0 Å². The lowest BCUT2D eigenvalue weighted by molar-refractivity contribution is 0.259. The van der Waals surface area contributed by atoms with E-state index in [2.05, 4.69) is 23.1 Å². The fourth-order valence-corrected chi connectivity index (χ4v) is 3.77. The molecule has 3 heteroatoms. The van der Waals surface area contributed by atoms with Crippen LogP contribution in [0.1, 0.15) is 24.8 Å². The molecule has 1 saturated carbocycles. The summed E-state index contributed by atoms with van der Waals surface area (Å²) in [7, 11) is 1.72. The highest BCUT2D eigenvalue weighted by atomic mass is 16.5. The van der Waals surface area contributed by atoms with Gasteiger partial charge in [-0.15, -0.1) is 0 Å². The number of hydrogen-bond acceptors (Lipinski definition) is 3. The largest absolute Gasteiger partial charge is 0.497 e. The fraction of sp³-hybridized carbons (Fsp3) is 0.625. The van der Waals surface area contributed by atoms with Crippen LogP contribution in [-0.4, -0.2) is 31.1 Å². The number of benzene rings is 1. The van der Waals surface area contributed by atoms with E-state index in [1.165, 1.54) is 37.9 Å². The van der Waals surface area contributed by atoms with Crippen LogP contribution in [0.2, 0.25) is 0 Å². The van der Waals surface area contributed by atoms with Gasteiger partial charge in [-0.05, 0) is 42.4 Å². The molecule has 3 nitrogen and oxygen atoms in total. The maximum absolute atomic E-state index is 6.27. The van der Waals surface area contributed by atoms with Crippen molar-refractivity contribution in [1.82, 2.24) is 4.90 Å². The number of rotatable bonds is 3. The Kier molecular flexibility index (Phi) is 3.76. The topological polar surface area (TPSA) is 38.5 Å². The summed E-state index contributed by atoms with van der Waals surface area (Å²) in [5, 5.41) is 0. The Balaban J connectivity index is 1.64. The molecule has 2 N–H and O–H groups in total. The van der Waals surface area contributed by atoms with Gasteiger partial charge in [0.15, 0.2) is 0 Å². The first-order valence-electron chi connectivity index (χ1n) is 7.37. The molecule has 3 unspecified atom stereocenters. The van der Waals surface area contributed by atoms with Crippen molar-refractivity contribution < 1.29 is 4.74 Å². The summed E-state index contributed by atoms with van der Waals surface area (Å²) >= 11 is 0. The van der Waals surface area contributed by atoms with Gasteiger partial charge in [-0.3, -0.25) is 4.90 Å². The van der Waals surface area contributed by atoms with Crippen LogP contribution in [0.3, 0.4) is 0 Å². The van der Waals surface area contributed by atoms with Crippen LogP contribution in [0.4, 0.5) is 0 Å². The molecule has 0 radical (unpaired) electrons. The molecular weight excluding hydrogens is 236 g/mol. The third-order valence-corrected chi connectivity index (χ3v) is 4.77. The van der Waals surface area contributed by atoms with Gasteiger partial charge in [-0.25, -0.2) is 0 Å². The van der Waals surface area contributed by atoms with Crippen LogP contribution in [0.15, 0.2) is 24.3 Å². The van der Waals surface area contributed by atoms with Crippen LogP contribution < -0.4 is 10.5 Å². The monoisotopic (exact) mass is 260 g/mol. The molecule has 1 heterocycles. The summed E-state index contributed by atoms with van der Waals surface area (Å²) in [5.41, 5.74) is 7.61. The second-order valence-corrected chi connectivity index (χ2v) is 6.06. The summed E-state index contributed by atoms with van der Waals surface area (Å²) in [6.07, 6.45) is 3.90. The molecule has 1 aromatic rings. The molecule has 19 heavy (non-hydrogen) atoms. The van der Waals surface area contributed by atoms with Crippen LogP contribution in [0, 0.1) is 11.8 Å². The number of ether oxygens (including phenoxy) is 1. The van der Waals surface area contributed by atoms with Gasteiger partial charge in [-0.2, -0.15) is 0 Å². The summed E-state index contributed by atoms with van der Waals surface area (Å²) in [4.78, 5) is 2.56. The SMILES string of the molecule is COc1cccc(CN2CC3CCCC(N)C3C2)c1. The molecular formula is C16H24N2O. The number of likely N-dealkylation sites (tertiary alicyclic amines) is 1. The van der Waals surface area contributed by atoms with Gasteiger partial charge >= 0.3 is 0 Å². The van der Waals surface area contributed by atoms with Gasteiger partial charge in [0.25, 0.3) is 0 Å². The first kappa shape index (κ1) is 12.9. The smallest absolute Gasteiger partial charge is 0.119 e. The van der Waals surface area contributed by atoms with Gasteiger partial charge in [0.05, 0.1) is 7.11 Å². The lowest BCUT2D eigenvalue weighted by Crippen LogP contribution is -2.38. The van der Waals surface area contributed by atoms with Crippen molar-refractivity contribution in [2.24, 2.45) is 17.6 Å². The summed E-state index contributed by atoms with van der Waals surface area (Å²) < 4.78 is 5.29. The Labute approximate surface area is 115 Å². The average Bonchev–Trinajstić information content (AvgIpc) is 2.83. The normalized spacial score (nSPS) is 31.2. The van der Waals surface area contributed by atoms with Gasteiger partial charge in [-0.1, -0.05) is 18.6 Å². The molecule has 2 aliphatic rings. The Morgan fingerprint density at radius 1 is 1.32 bits per heavy atom. The summed E-state index contributed by atoms with van der Waals surface area (Å²) in [6, 6.07) is 8.83. The number of methoxy groups -OCH3 is 1. The zero-order valence-electron chi connectivity index (χ0n) is 11.7. The molecule has 3 rings (SSSR count). The first-order chi connectivity index (χ1) is 9.26. The van der Waals surface area contributed by atoms with Crippen LogP contribution in [0.25, 0.3) is 0 Å². The molecule has 0 aromatic heterocycles. The standard InChI is InChI=1S/C16H24N2O/c1-19-14-6-2-4-12(8-14)9-18-10-13-5-3-7-16(17)15(13)11-18/h2,4,6,8,13,15-16H,3,5,7,9-11,17H2,1H3. The minimum absolute atomic E-state index is 0.425. The lowest BCUT2D eigenvalue weighted by Gasteiger charge is -2.29. The molecule has 1 aromatic carbocycles. The van der Waals surface area contributed by atoms with E-state index in [4.69, 9.17) is 10.5 Å². The predicted octanol–water partition coefficient (Wildman–Crippen LogP) is 2.25. The Bertz CT molecular complexity index is 435. The third-order valence-electron chi connectivity index (χ3n) is 4.77. The van der Waals surface area contributed by atoms with E-state index in [9.17, 15) is 0 Å². The van der Waals surface area contributed by atoms with Gasteiger partial charge in [0, 0.05) is 25.7 Å². The Morgan fingerprint density at radius 3 is 3.00 bits per heavy atom. The lowest BCUT2D eigenvalue weighted by atomic mass is 9.78. The summed E-state index contributed by atoms with van der Waals surface area (Å²) in [6.45, 7) is 3.41. The van der Waals surface area contributed by atoms with E-state index in [-0.39, 0.29) is 0 Å². The third kappa shape index (κ3) is 2.77. The van der Waals surface area contributed by atoms with Crippen LogP contribution >= 0.6 is 0 Å². The molecule has 3 atom stereocenters. The average molecular weight is 260 g/mol. The van der Waals surface area contributed by atoms with E-state index >= 15 is 0 Å². The maximum atomic E-state index is 6.27. The van der Waals surface area contributed by atoms with E-state index in [1.807, 2.05) is 6.07 Å². The van der Waals surface area contributed by atoms with Crippen LogP contribution in [-0.2, 0) is 6.54 Å². The van der Waals surface area contributed by atoms with Crippen LogP contribution in [0.5, 0.6) is 5.75 Å². The minimum atomic E-state index is 0.425. The molecule has 0 bridgehead atoms. The molecule has 1 aliphatic carbocycles. The zero-order chi connectivity index (χ0) is 13.2. The predicted molar refractivity (Wildman–Crippen MR) is 77.1 cm³/mol. The highest BCUT2D eigenvalue weighted by Gasteiger charge is 2.38. The second kappa shape index (κ2) is 5.51. The van der Waals surface area contributed by atoms with Crippen molar-refractivity contribution >= 4 is 0 Å². The quantitative estimate of drug-likeness (QED) is 0.906. The van der Waals surface area contributed by atoms with Gasteiger partial charge < -0.3 is 10.5 Å². The maximum Gasteiger partial charge on any atom is 0.119 e. The highest BCUT2D eigenvalue weighted by Crippen LogP contribution is 2.36. The number of hydrogen-bond donors (Lipinski definition) is 1. The molecule has 104 valence electrons. The molecule has 2 fully saturated rings. The van der Waals surface area contributed by atoms with Crippen molar-refractivity contribution in [3.8, 4) is 5.75 Å². The first-order valence-corrected chi connectivity index (χ1v) is 7.37. The van der Waals surface area contributed by atoms with Crippen molar-refractivity contribution in [3.05, 3.63) is 29.8 Å². The highest BCUT2D eigenvalue weighted by molar-refractivity contribution is 5.28. The van der Waals surface area contributed by atoms with E-state index in [0.29, 0.717) is 6.04 Å². The molecule has 0 spiro atoms. The van der Waals surface area contributed by atoms with Crippen molar-refractivity contribution in [2.45, 2.75) is 31.8 Å². The molecule has 1 aliphatic heterocycles. The van der Waals surface area contributed by atoms with Gasteiger partial charge in [0.2, 0.25) is 0 Å². The number of nitrogens with two attached hydrogens (primary N) is 1. The molecule has 0 amide bonds. The number of fused-ring (bicyclic) bond motifs is 1. The molecule has 1 saturated heterocycles. The fourth-order valence-electron chi connectivity index (χ4n) is 3.77.